The predicted octanol–water partition coefficient (Wildman–Crippen LogP) is 3.46. The number of hydrogen-bond acceptors (Lipinski definition) is 4. The smallest absolute Gasteiger partial charge is 0.123 e. The minimum Gasteiger partial charge on any atom is -0.508 e. The van der Waals surface area contributed by atoms with Crippen molar-refractivity contribution in [2.75, 3.05) is 26.7 Å². The Bertz CT molecular complexity index is 816. The number of phenols is 1. The van der Waals surface area contributed by atoms with Gasteiger partial charge in [-0.05, 0) is 55.6 Å². The van der Waals surface area contributed by atoms with Crippen molar-refractivity contribution < 1.29 is 9.84 Å². The van der Waals surface area contributed by atoms with Crippen LogP contribution in [-0.4, -0.2) is 53.7 Å². The lowest BCUT2D eigenvalue weighted by Crippen LogP contribution is -2.59. The van der Waals surface area contributed by atoms with Crippen LogP contribution >= 0.6 is 0 Å². The highest BCUT2D eigenvalue weighted by atomic mass is 16.5. The fourth-order valence-electron chi connectivity index (χ4n) is 5.82. The van der Waals surface area contributed by atoms with E-state index >= 15 is 0 Å². The van der Waals surface area contributed by atoms with Gasteiger partial charge in [0.2, 0.25) is 0 Å². The highest BCUT2D eigenvalue weighted by Gasteiger charge is 2.53. The number of ether oxygens (including phenoxy) is 1. The van der Waals surface area contributed by atoms with Crippen molar-refractivity contribution >= 4 is 0 Å². The number of fused-ring (bicyclic) bond motifs is 2. The summed E-state index contributed by atoms with van der Waals surface area (Å²) in [5.74, 6) is 2.61. The van der Waals surface area contributed by atoms with Gasteiger partial charge < -0.3 is 9.84 Å². The number of nitrogens with zero attached hydrogens (tertiary/aromatic N) is 2. The Morgan fingerprint density at radius 1 is 1.04 bits per heavy atom. The number of likely N-dealkylation sites (tertiary alicyclic amines) is 1. The number of phenolic OH excluding ortho intramolecular Hbond substituents is 1. The molecule has 0 unspecified atom stereocenters. The first-order chi connectivity index (χ1) is 13.2. The van der Waals surface area contributed by atoms with Gasteiger partial charge >= 0.3 is 0 Å². The number of para-hydroxylation sites is 1. The number of hydrogen-bond donors (Lipinski definition) is 1. The minimum atomic E-state index is 0.378. The third-order valence-corrected chi connectivity index (χ3v) is 6.96. The molecule has 0 saturated carbocycles. The standard InChI is InChI=1S/C23H28N2O2/c1-27-21-8-3-2-5-18(21)14-25-15-20(17-6-4-7-19(26)13-17)23-22(25)16-9-11-24(23)12-10-16/h2-8,13,16,20,22-23,26H,9-12,14-15H2,1H3/t20-,22+,23+/m1/s1. The SMILES string of the molecule is COc1ccccc1CN1C[C@H](c2cccc(O)c2)[C@H]2[C@@H]1C1CCN2CC1. The van der Waals surface area contributed by atoms with Gasteiger partial charge in [0.1, 0.15) is 11.5 Å². The van der Waals surface area contributed by atoms with Crippen molar-refractivity contribution in [3.8, 4) is 11.5 Å². The maximum atomic E-state index is 10.0. The molecule has 2 bridgehead atoms. The Morgan fingerprint density at radius 3 is 2.63 bits per heavy atom. The molecule has 4 fully saturated rings. The predicted molar refractivity (Wildman–Crippen MR) is 106 cm³/mol. The van der Waals surface area contributed by atoms with Gasteiger partial charge in [-0.3, -0.25) is 9.80 Å². The molecule has 0 radical (unpaired) electrons. The molecule has 0 amide bonds. The van der Waals surface area contributed by atoms with Crippen LogP contribution in [0.25, 0.3) is 0 Å². The second-order valence-corrected chi connectivity index (χ2v) is 8.30. The Morgan fingerprint density at radius 2 is 1.85 bits per heavy atom. The number of methoxy groups -OCH3 is 1. The van der Waals surface area contributed by atoms with Crippen molar-refractivity contribution in [3.05, 3.63) is 59.7 Å². The first-order valence-corrected chi connectivity index (χ1v) is 10.1. The van der Waals surface area contributed by atoms with E-state index in [1.807, 2.05) is 18.2 Å². The van der Waals surface area contributed by atoms with Crippen molar-refractivity contribution in [2.45, 2.75) is 37.4 Å². The van der Waals surface area contributed by atoms with Crippen LogP contribution in [0.4, 0.5) is 0 Å². The Labute approximate surface area is 161 Å². The third-order valence-electron chi connectivity index (χ3n) is 6.96. The highest BCUT2D eigenvalue weighted by molar-refractivity contribution is 5.36. The van der Waals surface area contributed by atoms with Gasteiger partial charge in [0, 0.05) is 36.7 Å². The molecule has 27 heavy (non-hydrogen) atoms. The summed E-state index contributed by atoms with van der Waals surface area (Å²) < 4.78 is 5.61. The molecular weight excluding hydrogens is 336 g/mol. The van der Waals surface area contributed by atoms with E-state index in [-0.39, 0.29) is 0 Å². The van der Waals surface area contributed by atoms with Gasteiger partial charge in [-0.1, -0.05) is 30.3 Å². The Balaban J connectivity index is 1.49. The Hall–Kier alpha value is -2.04. The van der Waals surface area contributed by atoms with Crippen LogP contribution in [0.2, 0.25) is 0 Å². The topological polar surface area (TPSA) is 35.9 Å². The van der Waals surface area contributed by atoms with Crippen LogP contribution < -0.4 is 4.74 Å². The molecule has 4 aliphatic rings. The summed E-state index contributed by atoms with van der Waals surface area (Å²) in [5.41, 5.74) is 2.55. The maximum absolute atomic E-state index is 10.0. The summed E-state index contributed by atoms with van der Waals surface area (Å²) in [5, 5.41) is 10.0. The van der Waals surface area contributed by atoms with Gasteiger partial charge in [0.15, 0.2) is 0 Å². The largest absolute Gasteiger partial charge is 0.508 e. The number of rotatable bonds is 4. The molecule has 2 aromatic carbocycles. The third kappa shape index (κ3) is 2.91. The molecule has 4 heterocycles. The van der Waals surface area contributed by atoms with Crippen LogP contribution in [0, 0.1) is 5.92 Å². The van der Waals surface area contributed by atoms with E-state index in [1.165, 1.54) is 37.1 Å². The van der Waals surface area contributed by atoms with E-state index < -0.39 is 0 Å². The molecule has 4 nitrogen and oxygen atoms in total. The van der Waals surface area contributed by atoms with Gasteiger partial charge in [0.05, 0.1) is 7.11 Å². The number of aromatic hydroxyl groups is 1. The van der Waals surface area contributed by atoms with E-state index in [4.69, 9.17) is 4.74 Å². The Kier molecular flexibility index (Phi) is 4.33. The van der Waals surface area contributed by atoms with E-state index in [1.54, 1.807) is 13.2 Å². The lowest BCUT2D eigenvalue weighted by molar-refractivity contribution is -0.00883. The van der Waals surface area contributed by atoms with E-state index in [0.29, 0.717) is 23.8 Å². The zero-order chi connectivity index (χ0) is 18.4. The first kappa shape index (κ1) is 17.1. The zero-order valence-electron chi connectivity index (χ0n) is 15.9. The van der Waals surface area contributed by atoms with Gasteiger partial charge in [-0.15, -0.1) is 0 Å². The summed E-state index contributed by atoms with van der Waals surface area (Å²) in [6.07, 6.45) is 2.63. The second kappa shape index (κ2) is 6.84. The summed E-state index contributed by atoms with van der Waals surface area (Å²) in [4.78, 5) is 5.40. The van der Waals surface area contributed by atoms with Crippen LogP contribution in [0.1, 0.15) is 29.9 Å². The average Bonchev–Trinajstić information content (AvgIpc) is 3.11. The van der Waals surface area contributed by atoms with Crippen LogP contribution in [-0.2, 0) is 6.54 Å². The molecule has 0 aliphatic carbocycles. The lowest BCUT2D eigenvalue weighted by atomic mass is 9.75. The quantitative estimate of drug-likeness (QED) is 0.901. The molecular formula is C23H28N2O2. The lowest BCUT2D eigenvalue weighted by Gasteiger charge is -2.51. The van der Waals surface area contributed by atoms with Crippen molar-refractivity contribution in [1.82, 2.24) is 9.80 Å². The highest BCUT2D eigenvalue weighted by Crippen LogP contribution is 2.47. The van der Waals surface area contributed by atoms with Crippen molar-refractivity contribution in [3.63, 3.8) is 0 Å². The normalized spacial score (nSPS) is 32.4. The van der Waals surface area contributed by atoms with E-state index in [0.717, 1.165) is 24.8 Å². The molecule has 0 spiro atoms. The first-order valence-electron chi connectivity index (χ1n) is 10.1. The average molecular weight is 364 g/mol. The molecule has 4 heteroatoms. The molecule has 1 N–H and O–H groups in total. The summed E-state index contributed by atoms with van der Waals surface area (Å²) in [7, 11) is 1.76. The molecule has 3 atom stereocenters. The van der Waals surface area contributed by atoms with E-state index in [9.17, 15) is 5.11 Å². The minimum absolute atomic E-state index is 0.378. The second-order valence-electron chi connectivity index (χ2n) is 8.30. The molecule has 2 aromatic rings. The molecule has 6 rings (SSSR count). The zero-order valence-corrected chi connectivity index (χ0v) is 15.9. The van der Waals surface area contributed by atoms with Crippen LogP contribution in [0.15, 0.2) is 48.5 Å². The fourth-order valence-corrected chi connectivity index (χ4v) is 5.82. The van der Waals surface area contributed by atoms with Gasteiger partial charge in [-0.25, -0.2) is 0 Å². The van der Waals surface area contributed by atoms with Gasteiger partial charge in [-0.2, -0.15) is 0 Å². The maximum Gasteiger partial charge on any atom is 0.123 e. The van der Waals surface area contributed by atoms with Crippen molar-refractivity contribution in [2.24, 2.45) is 5.92 Å². The molecule has 0 aromatic heterocycles. The summed E-state index contributed by atoms with van der Waals surface area (Å²) in [6, 6.07) is 17.5. The fraction of sp³-hybridized carbons (Fsp3) is 0.478. The van der Waals surface area contributed by atoms with E-state index in [2.05, 4.69) is 34.1 Å². The summed E-state index contributed by atoms with van der Waals surface area (Å²) in [6.45, 7) is 4.43. The summed E-state index contributed by atoms with van der Waals surface area (Å²) >= 11 is 0. The van der Waals surface area contributed by atoms with Crippen LogP contribution in [0.3, 0.4) is 0 Å². The van der Waals surface area contributed by atoms with Crippen LogP contribution in [0.5, 0.6) is 11.5 Å². The molecule has 142 valence electrons. The van der Waals surface area contributed by atoms with Gasteiger partial charge in [0.25, 0.3) is 0 Å². The number of benzene rings is 2. The monoisotopic (exact) mass is 364 g/mol. The van der Waals surface area contributed by atoms with Crippen molar-refractivity contribution in [1.29, 1.82) is 0 Å². The molecule has 4 saturated heterocycles. The number of piperidine rings is 3. The molecule has 4 aliphatic heterocycles.